The third kappa shape index (κ3) is 2.11. The van der Waals surface area contributed by atoms with Crippen LogP contribution < -0.4 is 4.90 Å². The number of phenolic OH excluding ortho intramolecular Hbond substituents is 1. The summed E-state index contributed by atoms with van der Waals surface area (Å²) in [5, 5.41) is 9.61. The smallest absolute Gasteiger partial charge is 0.227 e. The summed E-state index contributed by atoms with van der Waals surface area (Å²) < 4.78 is 0. The minimum absolute atomic E-state index is 0.0261. The highest BCUT2D eigenvalue weighted by Crippen LogP contribution is 2.33. The predicted molar refractivity (Wildman–Crippen MR) is 64.3 cm³/mol. The van der Waals surface area contributed by atoms with Gasteiger partial charge < -0.3 is 10.0 Å². The van der Waals surface area contributed by atoms with E-state index in [4.69, 9.17) is 23.2 Å². The SMILES string of the molecule is O=C1CC(CCl)CN1c1ccc(O)cc1Cl. The zero-order chi connectivity index (χ0) is 11.7. The third-order valence-electron chi connectivity index (χ3n) is 2.65. The van der Waals surface area contributed by atoms with E-state index in [0.717, 1.165) is 0 Å². The van der Waals surface area contributed by atoms with Crippen molar-refractivity contribution >= 4 is 34.8 Å². The van der Waals surface area contributed by atoms with Gasteiger partial charge in [0.2, 0.25) is 5.91 Å². The molecule has 2 rings (SSSR count). The minimum atomic E-state index is 0.0261. The first-order valence-corrected chi connectivity index (χ1v) is 5.88. The molecule has 0 aromatic heterocycles. The van der Waals surface area contributed by atoms with Crippen LogP contribution in [-0.2, 0) is 4.79 Å². The topological polar surface area (TPSA) is 40.5 Å². The normalized spacial score (nSPS) is 20.5. The van der Waals surface area contributed by atoms with Gasteiger partial charge in [0, 0.05) is 24.9 Å². The van der Waals surface area contributed by atoms with E-state index >= 15 is 0 Å². The van der Waals surface area contributed by atoms with Gasteiger partial charge in [0.25, 0.3) is 0 Å². The molecule has 0 bridgehead atoms. The van der Waals surface area contributed by atoms with Crippen LogP contribution in [0.5, 0.6) is 5.75 Å². The molecule has 1 aliphatic heterocycles. The summed E-state index contributed by atoms with van der Waals surface area (Å²) in [7, 11) is 0. The summed E-state index contributed by atoms with van der Waals surface area (Å²) in [4.78, 5) is 13.3. The van der Waals surface area contributed by atoms with Crippen molar-refractivity contribution in [2.45, 2.75) is 6.42 Å². The Morgan fingerprint density at radius 1 is 1.50 bits per heavy atom. The average Bonchev–Trinajstić information content (AvgIpc) is 2.60. The Bertz CT molecular complexity index is 422. The lowest BCUT2D eigenvalue weighted by Gasteiger charge is -2.17. The molecule has 1 N–H and O–H groups in total. The van der Waals surface area contributed by atoms with E-state index < -0.39 is 0 Å². The van der Waals surface area contributed by atoms with Crippen LogP contribution in [0, 0.1) is 5.92 Å². The van der Waals surface area contributed by atoms with Crippen molar-refractivity contribution in [1.29, 1.82) is 0 Å². The highest BCUT2D eigenvalue weighted by molar-refractivity contribution is 6.34. The van der Waals surface area contributed by atoms with Gasteiger partial charge >= 0.3 is 0 Å². The number of rotatable bonds is 2. The number of carbonyl (C=O) groups is 1. The Morgan fingerprint density at radius 3 is 2.81 bits per heavy atom. The first-order chi connectivity index (χ1) is 7.61. The molecule has 0 saturated carbocycles. The number of alkyl halides is 1. The van der Waals surface area contributed by atoms with E-state index in [-0.39, 0.29) is 17.6 Å². The molecule has 1 fully saturated rings. The number of aromatic hydroxyl groups is 1. The van der Waals surface area contributed by atoms with Gasteiger partial charge in [-0.25, -0.2) is 0 Å². The Labute approximate surface area is 104 Å². The number of hydrogen-bond acceptors (Lipinski definition) is 2. The highest BCUT2D eigenvalue weighted by atomic mass is 35.5. The maximum Gasteiger partial charge on any atom is 0.227 e. The predicted octanol–water partition coefficient (Wildman–Crippen LogP) is 2.64. The van der Waals surface area contributed by atoms with Crippen molar-refractivity contribution < 1.29 is 9.90 Å². The molecular weight excluding hydrogens is 249 g/mol. The Kier molecular flexibility index (Phi) is 3.26. The Hall–Kier alpha value is -0.930. The number of anilines is 1. The molecule has 0 radical (unpaired) electrons. The molecule has 0 aliphatic carbocycles. The molecule has 1 unspecified atom stereocenters. The molecule has 1 heterocycles. The van der Waals surface area contributed by atoms with Crippen LogP contribution >= 0.6 is 23.2 Å². The quantitative estimate of drug-likeness (QED) is 0.830. The molecule has 1 atom stereocenters. The van der Waals surface area contributed by atoms with E-state index in [0.29, 0.717) is 29.6 Å². The maximum absolute atomic E-state index is 11.7. The molecule has 5 heteroatoms. The molecule has 1 amide bonds. The number of hydrogen-bond donors (Lipinski definition) is 1. The van der Waals surface area contributed by atoms with Crippen LogP contribution in [0.25, 0.3) is 0 Å². The molecule has 16 heavy (non-hydrogen) atoms. The van der Waals surface area contributed by atoms with Crippen LogP contribution in [-0.4, -0.2) is 23.4 Å². The second-order valence-electron chi connectivity index (χ2n) is 3.86. The summed E-state index contributed by atoms with van der Waals surface area (Å²) >= 11 is 11.7. The maximum atomic E-state index is 11.7. The molecule has 0 spiro atoms. The summed E-state index contributed by atoms with van der Waals surface area (Å²) in [5.41, 5.74) is 0.636. The summed E-state index contributed by atoms with van der Waals surface area (Å²) in [6.07, 6.45) is 0.459. The monoisotopic (exact) mass is 259 g/mol. The zero-order valence-electron chi connectivity index (χ0n) is 8.49. The fourth-order valence-corrected chi connectivity index (χ4v) is 2.32. The molecule has 1 aromatic carbocycles. The molecular formula is C11H11Cl2NO2. The second kappa shape index (κ2) is 4.52. The van der Waals surface area contributed by atoms with Crippen LogP contribution in [0.3, 0.4) is 0 Å². The van der Waals surface area contributed by atoms with Crippen molar-refractivity contribution in [3.8, 4) is 5.75 Å². The lowest BCUT2D eigenvalue weighted by molar-refractivity contribution is -0.117. The van der Waals surface area contributed by atoms with E-state index in [1.807, 2.05) is 0 Å². The average molecular weight is 260 g/mol. The van der Waals surface area contributed by atoms with Crippen LogP contribution in [0.1, 0.15) is 6.42 Å². The van der Waals surface area contributed by atoms with Gasteiger partial charge in [-0.15, -0.1) is 11.6 Å². The first kappa shape index (κ1) is 11.6. The Balaban J connectivity index is 2.28. The Morgan fingerprint density at radius 2 is 2.25 bits per heavy atom. The van der Waals surface area contributed by atoms with E-state index in [9.17, 15) is 9.90 Å². The van der Waals surface area contributed by atoms with Crippen LogP contribution in [0.2, 0.25) is 5.02 Å². The first-order valence-electron chi connectivity index (χ1n) is 4.96. The fraction of sp³-hybridized carbons (Fsp3) is 0.364. The summed E-state index contributed by atoms with van der Waals surface area (Å²) in [5.74, 6) is 0.768. The highest BCUT2D eigenvalue weighted by Gasteiger charge is 2.30. The van der Waals surface area contributed by atoms with Gasteiger partial charge in [0.05, 0.1) is 10.7 Å². The van der Waals surface area contributed by atoms with Crippen molar-refractivity contribution in [3.63, 3.8) is 0 Å². The number of nitrogens with zero attached hydrogens (tertiary/aromatic N) is 1. The van der Waals surface area contributed by atoms with Gasteiger partial charge in [0.15, 0.2) is 0 Å². The number of amides is 1. The molecule has 86 valence electrons. The van der Waals surface area contributed by atoms with E-state index in [2.05, 4.69) is 0 Å². The summed E-state index contributed by atoms with van der Waals surface area (Å²) in [6.45, 7) is 0.590. The second-order valence-corrected chi connectivity index (χ2v) is 4.58. The minimum Gasteiger partial charge on any atom is -0.508 e. The van der Waals surface area contributed by atoms with E-state index in [1.54, 1.807) is 11.0 Å². The van der Waals surface area contributed by atoms with Gasteiger partial charge in [-0.2, -0.15) is 0 Å². The molecule has 1 aromatic rings. The van der Waals surface area contributed by atoms with Crippen molar-refractivity contribution in [2.24, 2.45) is 5.92 Å². The van der Waals surface area contributed by atoms with Gasteiger partial charge in [-0.1, -0.05) is 11.6 Å². The molecule has 1 aliphatic rings. The number of benzene rings is 1. The van der Waals surface area contributed by atoms with Crippen molar-refractivity contribution in [1.82, 2.24) is 0 Å². The molecule has 3 nitrogen and oxygen atoms in total. The van der Waals surface area contributed by atoms with Gasteiger partial charge in [-0.05, 0) is 18.1 Å². The summed E-state index contributed by atoms with van der Waals surface area (Å²) in [6, 6.07) is 4.59. The van der Waals surface area contributed by atoms with Gasteiger partial charge in [0.1, 0.15) is 5.75 Å². The zero-order valence-corrected chi connectivity index (χ0v) is 10.0. The van der Waals surface area contributed by atoms with Crippen molar-refractivity contribution in [3.05, 3.63) is 23.2 Å². The number of halogens is 2. The van der Waals surface area contributed by atoms with Crippen LogP contribution in [0.4, 0.5) is 5.69 Å². The standard InChI is InChI=1S/C11H11Cl2NO2/c12-5-7-3-11(16)14(6-7)10-2-1-8(15)4-9(10)13/h1-2,4,7,15H,3,5-6H2. The molecule has 1 saturated heterocycles. The van der Waals surface area contributed by atoms with E-state index in [1.165, 1.54) is 12.1 Å². The fourth-order valence-electron chi connectivity index (χ4n) is 1.83. The van der Waals surface area contributed by atoms with Crippen LogP contribution in [0.15, 0.2) is 18.2 Å². The number of phenols is 1. The third-order valence-corrected chi connectivity index (χ3v) is 3.38. The lowest BCUT2D eigenvalue weighted by Crippen LogP contribution is -2.24. The largest absolute Gasteiger partial charge is 0.508 e. The lowest BCUT2D eigenvalue weighted by atomic mass is 10.1. The van der Waals surface area contributed by atoms with Crippen molar-refractivity contribution in [2.75, 3.05) is 17.3 Å². The number of carbonyl (C=O) groups excluding carboxylic acids is 1. The van der Waals surface area contributed by atoms with Gasteiger partial charge in [-0.3, -0.25) is 4.79 Å².